The molecule has 0 atom stereocenters. The predicted molar refractivity (Wildman–Crippen MR) is 96.8 cm³/mol. The van der Waals surface area contributed by atoms with Gasteiger partial charge in [-0.1, -0.05) is 0 Å². The lowest BCUT2D eigenvalue weighted by atomic mass is 10.3. The first-order valence-electron chi connectivity index (χ1n) is 6.84. The Bertz CT molecular complexity index is 661. The van der Waals surface area contributed by atoms with Gasteiger partial charge >= 0.3 is 11.9 Å². The Kier molecular flexibility index (Phi) is 8.51. The van der Waals surface area contributed by atoms with Gasteiger partial charge < -0.3 is 9.47 Å². The molecular formula is C16H19BrO4S2. The summed E-state index contributed by atoms with van der Waals surface area (Å²) in [5.41, 5.74) is 2.35. The van der Waals surface area contributed by atoms with Crippen molar-refractivity contribution in [1.29, 1.82) is 0 Å². The third-order valence-corrected chi connectivity index (χ3v) is 5.48. The number of hydrogen-bond acceptors (Lipinski definition) is 6. The summed E-state index contributed by atoms with van der Waals surface area (Å²) in [5.74, 6) is -0.461. The number of rotatable bonds is 4. The number of halogens is 1. The number of carbonyl (C=O) groups excluding carboxylic acids is 2. The summed E-state index contributed by atoms with van der Waals surface area (Å²) < 4.78 is 10.8. The maximum atomic E-state index is 10.5. The lowest BCUT2D eigenvalue weighted by molar-refractivity contribution is -0.143. The van der Waals surface area contributed by atoms with E-state index in [4.69, 9.17) is 9.47 Å². The highest BCUT2D eigenvalue weighted by Gasteiger charge is 2.04. The fourth-order valence-electron chi connectivity index (χ4n) is 1.51. The number of thiophene rings is 2. The molecule has 2 heterocycles. The summed E-state index contributed by atoms with van der Waals surface area (Å²) in [4.78, 5) is 23.2. The molecule has 4 nitrogen and oxygen atoms in total. The lowest BCUT2D eigenvalue weighted by Gasteiger charge is -1.99. The van der Waals surface area contributed by atoms with Gasteiger partial charge in [-0.05, 0) is 58.4 Å². The van der Waals surface area contributed by atoms with E-state index in [1.165, 1.54) is 19.4 Å². The van der Waals surface area contributed by atoms with E-state index in [1.54, 1.807) is 22.7 Å². The van der Waals surface area contributed by atoms with Crippen LogP contribution in [-0.4, -0.2) is 11.9 Å². The van der Waals surface area contributed by atoms with Crippen molar-refractivity contribution in [2.75, 3.05) is 0 Å². The Morgan fingerprint density at radius 2 is 1.61 bits per heavy atom. The first kappa shape index (κ1) is 19.9. The van der Waals surface area contributed by atoms with Gasteiger partial charge in [0.25, 0.3) is 0 Å². The topological polar surface area (TPSA) is 52.6 Å². The highest BCUT2D eigenvalue weighted by Crippen LogP contribution is 2.27. The van der Waals surface area contributed by atoms with Crippen LogP contribution >= 0.6 is 38.6 Å². The molecule has 0 radical (unpaired) electrons. The monoisotopic (exact) mass is 418 g/mol. The third kappa shape index (κ3) is 7.76. The fourth-order valence-corrected chi connectivity index (χ4v) is 4.06. The van der Waals surface area contributed by atoms with Gasteiger partial charge in [0, 0.05) is 23.6 Å². The maximum absolute atomic E-state index is 10.5. The van der Waals surface area contributed by atoms with Gasteiger partial charge in [-0.25, -0.2) is 0 Å². The average Bonchev–Trinajstić information content (AvgIpc) is 3.00. The van der Waals surface area contributed by atoms with Gasteiger partial charge in [0.15, 0.2) is 0 Å². The highest BCUT2D eigenvalue weighted by atomic mass is 79.9. The van der Waals surface area contributed by atoms with Crippen LogP contribution in [-0.2, 0) is 32.3 Å². The number of hydrogen-bond donors (Lipinski definition) is 0. The van der Waals surface area contributed by atoms with Crippen molar-refractivity contribution < 1.29 is 19.1 Å². The molecule has 0 N–H and O–H groups in total. The second-order valence-electron chi connectivity index (χ2n) is 4.74. The first-order chi connectivity index (χ1) is 10.8. The molecule has 2 aromatic rings. The SMILES string of the molecule is CC(=O)OCc1sc(Br)cc1C.CC(=O)OCc1sccc1C. The van der Waals surface area contributed by atoms with E-state index in [-0.39, 0.29) is 11.9 Å². The molecule has 126 valence electrons. The van der Waals surface area contributed by atoms with Gasteiger partial charge in [0.2, 0.25) is 0 Å². The predicted octanol–water partition coefficient (Wildman–Crippen LogP) is 5.00. The zero-order valence-electron chi connectivity index (χ0n) is 13.5. The minimum atomic E-state index is -0.237. The Balaban J connectivity index is 0.000000231. The van der Waals surface area contributed by atoms with Crippen LogP contribution in [0.4, 0.5) is 0 Å². The van der Waals surface area contributed by atoms with Crippen molar-refractivity contribution in [3.05, 3.63) is 42.2 Å². The molecule has 2 aromatic heterocycles. The summed E-state index contributed by atoms with van der Waals surface area (Å²) >= 11 is 6.58. The van der Waals surface area contributed by atoms with Crippen LogP contribution in [0.3, 0.4) is 0 Å². The van der Waals surface area contributed by atoms with Crippen LogP contribution in [0.15, 0.2) is 21.3 Å². The van der Waals surface area contributed by atoms with Crippen LogP contribution in [0, 0.1) is 13.8 Å². The minimum absolute atomic E-state index is 0.224. The van der Waals surface area contributed by atoms with E-state index < -0.39 is 0 Å². The summed E-state index contributed by atoms with van der Waals surface area (Å²) in [6, 6.07) is 4.03. The van der Waals surface area contributed by atoms with Crippen LogP contribution in [0.5, 0.6) is 0 Å². The van der Waals surface area contributed by atoms with E-state index in [0.717, 1.165) is 19.1 Å². The van der Waals surface area contributed by atoms with Gasteiger partial charge in [0.05, 0.1) is 3.79 Å². The highest BCUT2D eigenvalue weighted by molar-refractivity contribution is 9.11. The number of esters is 2. The van der Waals surface area contributed by atoms with Crippen LogP contribution in [0.25, 0.3) is 0 Å². The standard InChI is InChI=1S/C8H9BrO2S.C8H10O2S/c1-5-3-8(9)12-7(5)4-11-6(2)10;1-6-3-4-11-8(6)5-10-7(2)9/h3H,4H2,1-2H3;3-4H,5H2,1-2H3. The van der Waals surface area contributed by atoms with Gasteiger partial charge in [-0.3, -0.25) is 9.59 Å². The van der Waals surface area contributed by atoms with E-state index in [1.807, 2.05) is 31.4 Å². The van der Waals surface area contributed by atoms with Crippen molar-refractivity contribution in [3.63, 3.8) is 0 Å². The average molecular weight is 419 g/mol. The Morgan fingerprint density at radius 3 is 2.00 bits per heavy atom. The summed E-state index contributed by atoms with van der Waals surface area (Å²) in [7, 11) is 0. The molecule has 0 spiro atoms. The third-order valence-electron chi connectivity index (χ3n) is 2.77. The Hall–Kier alpha value is -1.18. The zero-order valence-corrected chi connectivity index (χ0v) is 16.7. The van der Waals surface area contributed by atoms with Gasteiger partial charge in [-0.2, -0.15) is 0 Å². The van der Waals surface area contributed by atoms with Crippen LogP contribution in [0.2, 0.25) is 0 Å². The Morgan fingerprint density at radius 1 is 1.04 bits per heavy atom. The zero-order chi connectivity index (χ0) is 17.4. The van der Waals surface area contributed by atoms with E-state index in [2.05, 4.69) is 15.9 Å². The summed E-state index contributed by atoms with van der Waals surface area (Å²) in [6.45, 7) is 7.65. The minimum Gasteiger partial charge on any atom is -0.460 e. The lowest BCUT2D eigenvalue weighted by Crippen LogP contribution is -1.97. The fraction of sp³-hybridized carbons (Fsp3) is 0.375. The van der Waals surface area contributed by atoms with Crippen molar-refractivity contribution in [1.82, 2.24) is 0 Å². The molecule has 7 heteroatoms. The molecule has 0 bridgehead atoms. The smallest absolute Gasteiger partial charge is 0.302 e. The number of carbonyl (C=O) groups is 2. The largest absolute Gasteiger partial charge is 0.460 e. The van der Waals surface area contributed by atoms with Crippen molar-refractivity contribution in [2.45, 2.75) is 40.9 Å². The number of aryl methyl sites for hydroxylation is 2. The molecule has 23 heavy (non-hydrogen) atoms. The van der Waals surface area contributed by atoms with Crippen LogP contribution < -0.4 is 0 Å². The van der Waals surface area contributed by atoms with E-state index in [9.17, 15) is 9.59 Å². The molecule has 0 amide bonds. The first-order valence-corrected chi connectivity index (χ1v) is 9.33. The van der Waals surface area contributed by atoms with E-state index >= 15 is 0 Å². The van der Waals surface area contributed by atoms with Crippen molar-refractivity contribution in [2.24, 2.45) is 0 Å². The summed E-state index contributed by atoms with van der Waals surface area (Å²) in [5, 5.41) is 1.99. The number of ether oxygens (including phenoxy) is 2. The maximum Gasteiger partial charge on any atom is 0.302 e. The molecule has 0 aromatic carbocycles. The van der Waals surface area contributed by atoms with Gasteiger partial charge in [-0.15, -0.1) is 22.7 Å². The molecule has 0 aliphatic carbocycles. The molecule has 0 aliphatic heterocycles. The van der Waals surface area contributed by atoms with Crippen molar-refractivity contribution in [3.8, 4) is 0 Å². The van der Waals surface area contributed by atoms with Gasteiger partial charge in [0.1, 0.15) is 13.2 Å². The van der Waals surface area contributed by atoms with Crippen molar-refractivity contribution >= 4 is 50.5 Å². The molecule has 0 saturated heterocycles. The van der Waals surface area contributed by atoms with Crippen LogP contribution in [0.1, 0.15) is 34.7 Å². The Labute approximate surface area is 152 Å². The molecular weight excluding hydrogens is 400 g/mol. The molecule has 2 rings (SSSR count). The second kappa shape index (κ2) is 9.85. The van der Waals surface area contributed by atoms with E-state index in [0.29, 0.717) is 13.2 Å². The molecule has 0 unspecified atom stereocenters. The molecule has 0 fully saturated rings. The quantitative estimate of drug-likeness (QED) is 0.655. The molecule has 0 saturated carbocycles. The summed E-state index contributed by atoms with van der Waals surface area (Å²) in [6.07, 6.45) is 0. The molecule has 0 aliphatic rings. The normalized spacial score (nSPS) is 9.78. The second-order valence-corrected chi connectivity index (χ2v) is 8.26.